The zero-order valence-corrected chi connectivity index (χ0v) is 11.0. The van der Waals surface area contributed by atoms with Gasteiger partial charge in [-0.25, -0.2) is 9.97 Å². The van der Waals surface area contributed by atoms with E-state index in [-0.39, 0.29) is 5.91 Å². The maximum atomic E-state index is 11.4. The van der Waals surface area contributed by atoms with E-state index in [1.54, 1.807) is 25.4 Å². The van der Waals surface area contributed by atoms with Gasteiger partial charge in [0.05, 0.1) is 12.2 Å². The third kappa shape index (κ3) is 3.51. The van der Waals surface area contributed by atoms with Crippen molar-refractivity contribution in [2.45, 2.75) is 13.5 Å². The third-order valence-electron chi connectivity index (χ3n) is 2.68. The Hall–Kier alpha value is -2.43. The highest BCUT2D eigenvalue weighted by Crippen LogP contribution is 2.10. The molecule has 0 saturated heterocycles. The van der Waals surface area contributed by atoms with Gasteiger partial charge in [-0.05, 0) is 37.3 Å². The number of hydrogen-bond donors (Lipinski definition) is 2. The summed E-state index contributed by atoms with van der Waals surface area (Å²) in [6.45, 7) is 2.49. The first-order valence-corrected chi connectivity index (χ1v) is 6.03. The number of rotatable bonds is 4. The standard InChI is InChI=1S/C14H16N4O/c1-10-16-8-7-13(18-10)9-17-12-5-3-11(4-6-12)14(19)15-2/h3-8,17H,9H2,1-2H3,(H,15,19). The average molecular weight is 256 g/mol. The van der Waals surface area contributed by atoms with Gasteiger partial charge in [-0.1, -0.05) is 0 Å². The van der Waals surface area contributed by atoms with Gasteiger partial charge in [0.15, 0.2) is 0 Å². The van der Waals surface area contributed by atoms with Crippen LogP contribution < -0.4 is 10.6 Å². The van der Waals surface area contributed by atoms with E-state index in [1.165, 1.54) is 0 Å². The highest BCUT2D eigenvalue weighted by atomic mass is 16.1. The Morgan fingerprint density at radius 2 is 1.95 bits per heavy atom. The van der Waals surface area contributed by atoms with E-state index in [0.29, 0.717) is 12.1 Å². The summed E-state index contributed by atoms with van der Waals surface area (Å²) in [6, 6.07) is 9.19. The van der Waals surface area contributed by atoms with Crippen molar-refractivity contribution in [3.8, 4) is 0 Å². The van der Waals surface area contributed by atoms with Crippen molar-refractivity contribution in [3.05, 3.63) is 53.6 Å². The van der Waals surface area contributed by atoms with Gasteiger partial charge in [0.1, 0.15) is 5.82 Å². The molecule has 5 nitrogen and oxygen atoms in total. The van der Waals surface area contributed by atoms with Gasteiger partial charge in [0, 0.05) is 24.5 Å². The zero-order valence-electron chi connectivity index (χ0n) is 11.0. The van der Waals surface area contributed by atoms with Gasteiger partial charge in [0.2, 0.25) is 0 Å². The molecule has 0 aliphatic heterocycles. The molecule has 2 rings (SSSR count). The van der Waals surface area contributed by atoms with Gasteiger partial charge in [-0.2, -0.15) is 0 Å². The molecule has 2 N–H and O–H groups in total. The van der Waals surface area contributed by atoms with Crippen molar-refractivity contribution in [1.29, 1.82) is 0 Å². The largest absolute Gasteiger partial charge is 0.379 e. The second-order valence-electron chi connectivity index (χ2n) is 4.11. The van der Waals surface area contributed by atoms with Crippen molar-refractivity contribution in [1.82, 2.24) is 15.3 Å². The molecule has 1 heterocycles. The smallest absolute Gasteiger partial charge is 0.251 e. The van der Waals surface area contributed by atoms with Crippen LogP contribution in [-0.4, -0.2) is 22.9 Å². The van der Waals surface area contributed by atoms with Crippen molar-refractivity contribution in [2.75, 3.05) is 12.4 Å². The molecule has 98 valence electrons. The molecule has 0 saturated carbocycles. The van der Waals surface area contributed by atoms with Crippen LogP contribution in [0.2, 0.25) is 0 Å². The van der Waals surface area contributed by atoms with E-state index in [4.69, 9.17) is 0 Å². The van der Waals surface area contributed by atoms with Gasteiger partial charge in [0.25, 0.3) is 5.91 Å². The topological polar surface area (TPSA) is 66.9 Å². The lowest BCUT2D eigenvalue weighted by Crippen LogP contribution is -2.17. The van der Waals surface area contributed by atoms with Crippen molar-refractivity contribution >= 4 is 11.6 Å². The lowest BCUT2D eigenvalue weighted by atomic mass is 10.2. The molecule has 0 aliphatic carbocycles. The molecule has 5 heteroatoms. The summed E-state index contributed by atoms with van der Waals surface area (Å²) < 4.78 is 0. The van der Waals surface area contributed by atoms with Crippen molar-refractivity contribution < 1.29 is 4.79 Å². The van der Waals surface area contributed by atoms with Crippen LogP contribution in [0.15, 0.2) is 36.5 Å². The molecule has 1 amide bonds. The minimum atomic E-state index is -0.0852. The Bertz CT molecular complexity index is 566. The second kappa shape index (κ2) is 5.95. The molecule has 0 radical (unpaired) electrons. The summed E-state index contributed by atoms with van der Waals surface area (Å²) in [7, 11) is 1.62. The number of hydrogen-bond acceptors (Lipinski definition) is 4. The minimum Gasteiger partial charge on any atom is -0.379 e. The van der Waals surface area contributed by atoms with Crippen LogP contribution in [-0.2, 0) is 6.54 Å². The summed E-state index contributed by atoms with van der Waals surface area (Å²) in [4.78, 5) is 19.8. The molecule has 19 heavy (non-hydrogen) atoms. The molecular weight excluding hydrogens is 240 g/mol. The molecular formula is C14H16N4O. The van der Waals surface area contributed by atoms with Crippen LogP contribution in [0, 0.1) is 6.92 Å². The van der Waals surface area contributed by atoms with Crippen molar-refractivity contribution in [3.63, 3.8) is 0 Å². The SMILES string of the molecule is CNC(=O)c1ccc(NCc2ccnc(C)n2)cc1. The number of aromatic nitrogens is 2. The molecule has 0 spiro atoms. The highest BCUT2D eigenvalue weighted by Gasteiger charge is 2.02. The van der Waals surface area contributed by atoms with E-state index >= 15 is 0 Å². The summed E-state index contributed by atoms with van der Waals surface area (Å²) in [6.07, 6.45) is 1.74. The van der Waals surface area contributed by atoms with E-state index < -0.39 is 0 Å². The fourth-order valence-electron chi connectivity index (χ4n) is 1.68. The lowest BCUT2D eigenvalue weighted by molar-refractivity contribution is 0.0963. The Morgan fingerprint density at radius 3 is 2.58 bits per heavy atom. The molecule has 1 aromatic heterocycles. The van der Waals surface area contributed by atoms with Crippen LogP contribution in [0.1, 0.15) is 21.9 Å². The predicted molar refractivity (Wildman–Crippen MR) is 73.9 cm³/mol. The first kappa shape index (κ1) is 13.0. The van der Waals surface area contributed by atoms with Crippen LogP contribution in [0.5, 0.6) is 0 Å². The summed E-state index contributed by atoms with van der Waals surface area (Å²) >= 11 is 0. The number of carbonyl (C=O) groups is 1. The molecule has 1 aromatic carbocycles. The Morgan fingerprint density at radius 1 is 1.21 bits per heavy atom. The molecule has 0 atom stereocenters. The van der Waals surface area contributed by atoms with Gasteiger partial charge in [-0.15, -0.1) is 0 Å². The quantitative estimate of drug-likeness (QED) is 0.874. The fraction of sp³-hybridized carbons (Fsp3) is 0.214. The highest BCUT2D eigenvalue weighted by molar-refractivity contribution is 5.94. The summed E-state index contributed by atoms with van der Waals surface area (Å²) in [5.74, 6) is 0.673. The molecule has 0 bridgehead atoms. The zero-order chi connectivity index (χ0) is 13.7. The Balaban J connectivity index is 1.98. The predicted octanol–water partition coefficient (Wildman–Crippen LogP) is 1.76. The molecule has 0 aliphatic rings. The van der Waals surface area contributed by atoms with Gasteiger partial charge in [-0.3, -0.25) is 4.79 Å². The third-order valence-corrected chi connectivity index (χ3v) is 2.68. The Labute approximate surface area is 112 Å². The van der Waals surface area contributed by atoms with E-state index in [0.717, 1.165) is 17.2 Å². The van der Waals surface area contributed by atoms with E-state index in [9.17, 15) is 4.79 Å². The van der Waals surface area contributed by atoms with Crippen LogP contribution in [0.25, 0.3) is 0 Å². The van der Waals surface area contributed by atoms with Gasteiger partial charge >= 0.3 is 0 Å². The van der Waals surface area contributed by atoms with Crippen molar-refractivity contribution in [2.24, 2.45) is 0 Å². The lowest BCUT2D eigenvalue weighted by Gasteiger charge is -2.07. The van der Waals surface area contributed by atoms with E-state index in [2.05, 4.69) is 20.6 Å². The number of aryl methyl sites for hydroxylation is 1. The van der Waals surface area contributed by atoms with E-state index in [1.807, 2.05) is 25.1 Å². The first-order chi connectivity index (χ1) is 9.19. The molecule has 0 unspecified atom stereocenters. The monoisotopic (exact) mass is 256 g/mol. The summed E-state index contributed by atoms with van der Waals surface area (Å²) in [5.41, 5.74) is 2.53. The Kier molecular flexibility index (Phi) is 4.07. The molecule has 2 aromatic rings. The van der Waals surface area contributed by atoms with Gasteiger partial charge < -0.3 is 10.6 Å². The van der Waals surface area contributed by atoms with Crippen LogP contribution in [0.4, 0.5) is 5.69 Å². The van der Waals surface area contributed by atoms with Crippen LogP contribution in [0.3, 0.4) is 0 Å². The number of carbonyl (C=O) groups excluding carboxylic acids is 1. The van der Waals surface area contributed by atoms with Crippen LogP contribution >= 0.6 is 0 Å². The number of amides is 1. The summed E-state index contributed by atoms with van der Waals surface area (Å²) in [5, 5.41) is 5.84. The number of nitrogens with zero attached hydrogens (tertiary/aromatic N) is 2. The average Bonchev–Trinajstić information content (AvgIpc) is 2.45. The second-order valence-corrected chi connectivity index (χ2v) is 4.11. The fourth-order valence-corrected chi connectivity index (χ4v) is 1.68. The number of nitrogens with one attached hydrogen (secondary N) is 2. The maximum absolute atomic E-state index is 11.4. The minimum absolute atomic E-state index is 0.0852. The number of anilines is 1. The normalized spacial score (nSPS) is 10.0. The first-order valence-electron chi connectivity index (χ1n) is 6.03. The maximum Gasteiger partial charge on any atom is 0.251 e. The molecule has 0 fully saturated rings. The number of benzene rings is 1.